The van der Waals surface area contributed by atoms with E-state index in [1.54, 1.807) is 48.6 Å². The van der Waals surface area contributed by atoms with Gasteiger partial charge in [-0.2, -0.15) is 0 Å². The number of H-pyrrole nitrogens is 2. The van der Waals surface area contributed by atoms with Gasteiger partial charge in [-0.25, -0.2) is 19.6 Å². The van der Waals surface area contributed by atoms with E-state index in [2.05, 4.69) is 19.9 Å². The Kier molecular flexibility index (Phi) is 8.85. The number of nitrogens with one attached hydrogen (secondary N) is 2. The predicted molar refractivity (Wildman–Crippen MR) is 111 cm³/mol. The normalized spacial score (nSPS) is 18.5. The van der Waals surface area contributed by atoms with Crippen molar-refractivity contribution in [3.05, 3.63) is 95.2 Å². The van der Waals surface area contributed by atoms with Crippen molar-refractivity contribution in [3.8, 4) is 0 Å². The van der Waals surface area contributed by atoms with E-state index in [9.17, 15) is 29.4 Å². The number of aromatic amines is 2. The minimum absolute atomic E-state index is 0. The Labute approximate surface area is 203 Å². The minimum atomic E-state index is -1.39. The number of carbonyl (C=O) groups is 2. The van der Waals surface area contributed by atoms with Crippen LogP contribution in [0.1, 0.15) is 23.5 Å². The molecule has 160 valence electrons. The molecule has 2 unspecified atom stereocenters. The molecule has 2 N–H and O–H groups in total. The van der Waals surface area contributed by atoms with Gasteiger partial charge in [0.05, 0.1) is 34.9 Å². The Morgan fingerprint density at radius 3 is 1.45 bits per heavy atom. The molecular formula is C22H14MgN4O6. The van der Waals surface area contributed by atoms with Gasteiger partial charge in [0.1, 0.15) is 23.5 Å². The molecule has 0 bridgehead atoms. The number of aliphatic carboxylic acids is 2. The fraction of sp³-hybridized carbons (Fsp3) is 0.0909. The molecule has 2 atom stereocenters. The molecule has 0 fully saturated rings. The van der Waals surface area contributed by atoms with Crippen LogP contribution >= 0.6 is 0 Å². The second-order valence-corrected chi connectivity index (χ2v) is 6.44. The molecular weight excluding hydrogens is 441 g/mol. The molecule has 0 saturated heterocycles. The Bertz CT molecular complexity index is 1140. The SMILES string of the molecule is O=C=C1C(C(=O)[O-])=CC=CC1c1ncc[nH]1.O=C=C1C(C(=O)[O-])=CC=CC1c1ncc[nH]1.[Mg+2]. The number of hydrogen-bond acceptors (Lipinski definition) is 8. The number of allylic oxidation sites excluding steroid dienone is 6. The zero-order valence-electron chi connectivity index (χ0n) is 17.0. The Balaban J connectivity index is 0.000000227. The fourth-order valence-electron chi connectivity index (χ4n) is 3.18. The minimum Gasteiger partial charge on any atom is -0.545 e. The first-order valence-electron chi connectivity index (χ1n) is 9.16. The number of imidazole rings is 2. The topological polar surface area (TPSA) is 172 Å². The van der Waals surface area contributed by atoms with Gasteiger partial charge in [-0.1, -0.05) is 36.5 Å². The van der Waals surface area contributed by atoms with Crippen LogP contribution in [-0.4, -0.2) is 66.8 Å². The molecule has 2 heterocycles. The summed E-state index contributed by atoms with van der Waals surface area (Å²) in [6.07, 6.45) is 15.3. The summed E-state index contributed by atoms with van der Waals surface area (Å²) in [5.74, 6) is 0.486. The molecule has 0 amide bonds. The number of nitrogens with zero attached hydrogens (tertiary/aromatic N) is 2. The third-order valence-corrected chi connectivity index (χ3v) is 4.62. The Morgan fingerprint density at radius 2 is 1.18 bits per heavy atom. The molecule has 0 aliphatic heterocycles. The maximum absolute atomic E-state index is 10.8. The monoisotopic (exact) mass is 454 g/mol. The molecule has 0 radical (unpaired) electrons. The molecule has 2 aliphatic rings. The summed E-state index contributed by atoms with van der Waals surface area (Å²) in [5.41, 5.74) is -0.257. The van der Waals surface area contributed by atoms with Crippen LogP contribution in [0.4, 0.5) is 0 Å². The first kappa shape index (κ1) is 25.2. The summed E-state index contributed by atoms with van der Waals surface area (Å²) >= 11 is 0. The molecule has 4 rings (SSSR count). The zero-order chi connectivity index (χ0) is 23.1. The first-order chi connectivity index (χ1) is 15.5. The molecule has 0 saturated carbocycles. The van der Waals surface area contributed by atoms with Crippen LogP contribution in [-0.2, 0) is 19.2 Å². The van der Waals surface area contributed by atoms with Gasteiger partial charge in [0.15, 0.2) is 0 Å². The van der Waals surface area contributed by atoms with Crippen LogP contribution in [0.2, 0.25) is 0 Å². The summed E-state index contributed by atoms with van der Waals surface area (Å²) in [6.45, 7) is 0. The van der Waals surface area contributed by atoms with Crippen molar-refractivity contribution in [2.24, 2.45) is 0 Å². The maximum atomic E-state index is 10.8. The van der Waals surface area contributed by atoms with Crippen molar-refractivity contribution in [1.29, 1.82) is 0 Å². The molecule has 2 aromatic heterocycles. The molecule has 0 aromatic carbocycles. The maximum Gasteiger partial charge on any atom is 2.00 e. The smallest absolute Gasteiger partial charge is 0.545 e. The summed E-state index contributed by atoms with van der Waals surface area (Å²) in [4.78, 5) is 56.8. The quantitative estimate of drug-likeness (QED) is 0.420. The van der Waals surface area contributed by atoms with Crippen molar-refractivity contribution in [2.75, 3.05) is 0 Å². The summed E-state index contributed by atoms with van der Waals surface area (Å²) in [5, 5.41) is 21.6. The average Bonchev–Trinajstić information content (AvgIpc) is 3.52. The van der Waals surface area contributed by atoms with Crippen molar-refractivity contribution in [3.63, 3.8) is 0 Å². The second-order valence-electron chi connectivity index (χ2n) is 6.44. The largest absolute Gasteiger partial charge is 2.00 e. The van der Waals surface area contributed by atoms with Crippen LogP contribution in [0, 0.1) is 0 Å². The van der Waals surface area contributed by atoms with E-state index in [4.69, 9.17) is 0 Å². The van der Waals surface area contributed by atoms with Crippen LogP contribution in [0.5, 0.6) is 0 Å². The van der Waals surface area contributed by atoms with E-state index >= 15 is 0 Å². The number of carboxylic acids is 2. The van der Waals surface area contributed by atoms with Gasteiger partial charge in [0.25, 0.3) is 0 Å². The predicted octanol–water partition coefficient (Wildman–Crippen LogP) is -1.39. The van der Waals surface area contributed by atoms with Crippen molar-refractivity contribution >= 4 is 46.9 Å². The van der Waals surface area contributed by atoms with Crippen LogP contribution in [0.3, 0.4) is 0 Å². The van der Waals surface area contributed by atoms with Gasteiger partial charge in [-0.3, -0.25) is 0 Å². The van der Waals surface area contributed by atoms with E-state index in [1.807, 2.05) is 0 Å². The summed E-state index contributed by atoms with van der Waals surface area (Å²) in [7, 11) is 0. The molecule has 2 aromatic rings. The van der Waals surface area contributed by atoms with E-state index < -0.39 is 23.8 Å². The van der Waals surface area contributed by atoms with Gasteiger partial charge in [-0.05, 0) is 0 Å². The van der Waals surface area contributed by atoms with E-state index in [-0.39, 0.29) is 45.3 Å². The average molecular weight is 455 g/mol. The van der Waals surface area contributed by atoms with Gasteiger partial charge in [0.2, 0.25) is 0 Å². The van der Waals surface area contributed by atoms with E-state index in [0.717, 1.165) is 0 Å². The number of carbonyl (C=O) groups excluding carboxylic acids is 4. The Hall–Kier alpha value is -4.01. The molecule has 10 nitrogen and oxygen atoms in total. The van der Waals surface area contributed by atoms with Crippen LogP contribution < -0.4 is 10.2 Å². The van der Waals surface area contributed by atoms with Gasteiger partial charge in [-0.15, -0.1) is 0 Å². The Morgan fingerprint density at radius 1 is 0.788 bits per heavy atom. The molecule has 11 heteroatoms. The van der Waals surface area contributed by atoms with E-state index in [0.29, 0.717) is 11.6 Å². The second kappa shape index (κ2) is 11.6. The van der Waals surface area contributed by atoms with Gasteiger partial charge in [0, 0.05) is 35.9 Å². The number of carboxylic acid groups (broad SMARTS) is 2. The fourth-order valence-corrected chi connectivity index (χ4v) is 3.18. The third-order valence-electron chi connectivity index (χ3n) is 4.62. The molecule has 33 heavy (non-hydrogen) atoms. The third kappa shape index (κ3) is 5.62. The van der Waals surface area contributed by atoms with Gasteiger partial charge >= 0.3 is 23.1 Å². The van der Waals surface area contributed by atoms with Crippen molar-refractivity contribution in [2.45, 2.75) is 11.8 Å². The zero-order valence-corrected chi connectivity index (χ0v) is 18.4. The van der Waals surface area contributed by atoms with Crippen LogP contribution in [0.15, 0.2) is 83.5 Å². The van der Waals surface area contributed by atoms with Gasteiger partial charge < -0.3 is 29.8 Å². The summed E-state index contributed by atoms with van der Waals surface area (Å²) in [6, 6.07) is 0. The first-order valence-corrected chi connectivity index (χ1v) is 9.16. The number of rotatable bonds is 4. The molecule has 2 aliphatic carbocycles. The number of hydrogen-bond donors (Lipinski definition) is 2. The summed E-state index contributed by atoms with van der Waals surface area (Å²) < 4.78 is 0. The van der Waals surface area contributed by atoms with Crippen LogP contribution in [0.25, 0.3) is 0 Å². The van der Waals surface area contributed by atoms with Crippen molar-refractivity contribution < 1.29 is 29.4 Å². The number of aromatic nitrogens is 4. The molecule has 0 spiro atoms. The van der Waals surface area contributed by atoms with Crippen molar-refractivity contribution in [1.82, 2.24) is 19.9 Å². The van der Waals surface area contributed by atoms with E-state index in [1.165, 1.54) is 24.5 Å². The standard InChI is InChI=1S/2C11H8N2O3.Mg/c2*14-6-9-7(10-12-4-5-13-10)2-1-3-8(9)11(15)16;/h2*1-5,7H,(H,12,13)(H,15,16);/q;;+2/p-2.